The first-order valence-corrected chi connectivity index (χ1v) is 14.8. The Hall–Kier alpha value is -3.21. The van der Waals surface area contributed by atoms with Gasteiger partial charge in [-0.05, 0) is 72.5 Å². The van der Waals surface area contributed by atoms with Crippen LogP contribution in [-0.2, 0) is 22.5 Å². The molecule has 3 rings (SSSR count). The third kappa shape index (κ3) is 9.49. The molecule has 0 unspecified atom stereocenters. The molecule has 0 fully saturated rings. The number of nitrogens with one attached hydrogen (secondary N) is 1. The van der Waals surface area contributed by atoms with Crippen molar-refractivity contribution in [2.75, 3.05) is 59.1 Å². The van der Waals surface area contributed by atoms with Crippen molar-refractivity contribution in [2.45, 2.75) is 24.3 Å². The van der Waals surface area contributed by atoms with E-state index in [0.717, 1.165) is 15.3 Å². The van der Waals surface area contributed by atoms with Crippen molar-refractivity contribution >= 4 is 40.7 Å². The summed E-state index contributed by atoms with van der Waals surface area (Å²) in [7, 11) is 4.83. The molecule has 0 radical (unpaired) electrons. The number of benzene rings is 2. The quantitative estimate of drug-likeness (QED) is 0.188. The lowest BCUT2D eigenvalue weighted by Gasteiger charge is -2.28. The van der Waals surface area contributed by atoms with E-state index in [-0.39, 0.29) is 18.5 Å². The molecule has 0 aliphatic rings. The SMILES string of the molecule is COCCCN(CC(=O)N(CCc1ccc(OC)c(OC)c1)Cc1cccs1)C(=O)Nc1ccc(SC)cc1. The highest BCUT2D eigenvalue weighted by molar-refractivity contribution is 7.98. The van der Waals surface area contributed by atoms with Gasteiger partial charge in [-0.1, -0.05) is 12.1 Å². The lowest BCUT2D eigenvalue weighted by atomic mass is 10.1. The molecule has 0 aliphatic carbocycles. The van der Waals surface area contributed by atoms with Gasteiger partial charge in [-0.2, -0.15) is 0 Å². The molecule has 1 N–H and O–H groups in total. The average Bonchev–Trinajstić information content (AvgIpc) is 3.48. The van der Waals surface area contributed by atoms with E-state index in [1.807, 2.05) is 71.1 Å². The molecule has 0 bridgehead atoms. The molecule has 8 nitrogen and oxygen atoms in total. The molecule has 0 aliphatic heterocycles. The fraction of sp³-hybridized carbons (Fsp3) is 0.379. The van der Waals surface area contributed by atoms with Crippen molar-refractivity contribution in [1.29, 1.82) is 0 Å². The molecule has 0 saturated carbocycles. The molecule has 39 heavy (non-hydrogen) atoms. The van der Waals surface area contributed by atoms with Gasteiger partial charge in [0.2, 0.25) is 5.91 Å². The number of carbonyl (C=O) groups excluding carboxylic acids is 2. The van der Waals surface area contributed by atoms with Gasteiger partial charge in [-0.15, -0.1) is 23.1 Å². The number of ether oxygens (including phenoxy) is 3. The molecular weight excluding hydrogens is 534 g/mol. The number of methoxy groups -OCH3 is 3. The van der Waals surface area contributed by atoms with Crippen LogP contribution in [0.4, 0.5) is 10.5 Å². The Morgan fingerprint density at radius 2 is 1.72 bits per heavy atom. The zero-order valence-corrected chi connectivity index (χ0v) is 24.6. The van der Waals surface area contributed by atoms with Crippen molar-refractivity contribution < 1.29 is 23.8 Å². The number of hydrogen-bond donors (Lipinski definition) is 1. The Balaban J connectivity index is 1.73. The van der Waals surface area contributed by atoms with Crippen molar-refractivity contribution in [2.24, 2.45) is 0 Å². The van der Waals surface area contributed by atoms with Crippen molar-refractivity contribution in [1.82, 2.24) is 9.80 Å². The summed E-state index contributed by atoms with van der Waals surface area (Å²) in [6, 6.07) is 17.1. The first-order chi connectivity index (χ1) is 19.0. The number of nitrogens with zero attached hydrogens (tertiary/aromatic N) is 2. The van der Waals surface area contributed by atoms with Gasteiger partial charge < -0.3 is 29.3 Å². The minimum Gasteiger partial charge on any atom is -0.493 e. The maximum Gasteiger partial charge on any atom is 0.322 e. The second-order valence-electron chi connectivity index (χ2n) is 8.76. The fourth-order valence-electron chi connectivity index (χ4n) is 3.98. The number of amides is 3. The van der Waals surface area contributed by atoms with Crippen LogP contribution in [0.1, 0.15) is 16.9 Å². The Bertz CT molecular complexity index is 1170. The highest BCUT2D eigenvalue weighted by atomic mass is 32.2. The first kappa shape index (κ1) is 30.3. The minimum atomic E-state index is -0.313. The van der Waals surface area contributed by atoms with E-state index in [1.165, 1.54) is 0 Å². The molecule has 1 aromatic heterocycles. The van der Waals surface area contributed by atoms with Gasteiger partial charge in [0.15, 0.2) is 11.5 Å². The third-order valence-corrected chi connectivity index (χ3v) is 7.73. The van der Waals surface area contributed by atoms with Gasteiger partial charge in [-0.3, -0.25) is 4.79 Å². The van der Waals surface area contributed by atoms with E-state index in [2.05, 4.69) is 5.32 Å². The van der Waals surface area contributed by atoms with Crippen LogP contribution in [0.2, 0.25) is 0 Å². The molecule has 2 aromatic carbocycles. The van der Waals surface area contributed by atoms with Crippen LogP contribution >= 0.6 is 23.1 Å². The number of carbonyl (C=O) groups is 2. The van der Waals surface area contributed by atoms with Crippen LogP contribution in [0, 0.1) is 0 Å². The van der Waals surface area contributed by atoms with Crippen LogP contribution < -0.4 is 14.8 Å². The molecular formula is C29H37N3O5S2. The van der Waals surface area contributed by atoms with Crippen LogP contribution in [-0.4, -0.2) is 75.6 Å². The Kier molecular flexibility index (Phi) is 12.5. The summed E-state index contributed by atoms with van der Waals surface area (Å²) in [6.07, 6.45) is 3.26. The molecule has 3 amide bonds. The molecule has 0 spiro atoms. The van der Waals surface area contributed by atoms with Gasteiger partial charge in [0.25, 0.3) is 0 Å². The second kappa shape index (κ2) is 16.0. The topological polar surface area (TPSA) is 80.3 Å². The smallest absolute Gasteiger partial charge is 0.322 e. The second-order valence-corrected chi connectivity index (χ2v) is 10.7. The minimum absolute atomic E-state index is 0.0320. The van der Waals surface area contributed by atoms with E-state index in [1.54, 1.807) is 49.3 Å². The molecule has 0 saturated heterocycles. The Morgan fingerprint density at radius 3 is 2.36 bits per heavy atom. The maximum atomic E-state index is 13.6. The van der Waals surface area contributed by atoms with Crippen LogP contribution in [0.15, 0.2) is 64.9 Å². The lowest BCUT2D eigenvalue weighted by Crippen LogP contribution is -2.45. The zero-order valence-electron chi connectivity index (χ0n) is 23.0. The number of thiophene rings is 1. The van der Waals surface area contributed by atoms with Crippen molar-refractivity contribution in [3.05, 3.63) is 70.4 Å². The number of rotatable bonds is 15. The predicted octanol–water partition coefficient (Wildman–Crippen LogP) is 5.63. The summed E-state index contributed by atoms with van der Waals surface area (Å²) in [5.41, 5.74) is 1.71. The van der Waals surface area contributed by atoms with Gasteiger partial charge >= 0.3 is 6.03 Å². The van der Waals surface area contributed by atoms with Crippen LogP contribution in [0.3, 0.4) is 0 Å². The summed E-state index contributed by atoms with van der Waals surface area (Å²) in [5, 5.41) is 4.93. The largest absolute Gasteiger partial charge is 0.493 e. The Labute approximate surface area is 239 Å². The standard InChI is InChI=1S/C29H37N3O5S2/c1-35-17-6-15-32(29(34)30-23-9-11-24(38-4)12-10-23)21-28(33)31(20-25-7-5-18-39-25)16-14-22-8-13-26(36-2)27(19-22)37-3/h5,7-13,18-19H,6,14-17,20-21H2,1-4H3,(H,30,34). The van der Waals surface area contributed by atoms with Crippen molar-refractivity contribution in [3.8, 4) is 11.5 Å². The molecule has 210 valence electrons. The number of anilines is 1. The lowest BCUT2D eigenvalue weighted by molar-refractivity contribution is -0.132. The van der Waals surface area contributed by atoms with Gasteiger partial charge in [0.05, 0.1) is 20.8 Å². The summed E-state index contributed by atoms with van der Waals surface area (Å²) >= 11 is 3.24. The molecule has 10 heteroatoms. The highest BCUT2D eigenvalue weighted by Gasteiger charge is 2.22. The number of thioether (sulfide) groups is 1. The van der Waals surface area contributed by atoms with Crippen LogP contribution in [0.5, 0.6) is 11.5 Å². The zero-order chi connectivity index (χ0) is 28.0. The van der Waals surface area contributed by atoms with E-state index in [0.29, 0.717) is 56.3 Å². The van der Waals surface area contributed by atoms with Gasteiger partial charge in [-0.25, -0.2) is 4.79 Å². The van der Waals surface area contributed by atoms with Crippen molar-refractivity contribution in [3.63, 3.8) is 0 Å². The third-order valence-electron chi connectivity index (χ3n) is 6.13. The monoisotopic (exact) mass is 571 g/mol. The summed E-state index contributed by atoms with van der Waals surface area (Å²) in [6.45, 7) is 1.84. The van der Waals surface area contributed by atoms with E-state index >= 15 is 0 Å². The molecule has 0 atom stereocenters. The summed E-state index contributed by atoms with van der Waals surface area (Å²) in [5.74, 6) is 1.19. The van der Waals surface area contributed by atoms with Gasteiger partial charge in [0, 0.05) is 42.3 Å². The van der Waals surface area contributed by atoms with E-state index in [4.69, 9.17) is 14.2 Å². The number of urea groups is 1. The van der Waals surface area contributed by atoms with Gasteiger partial charge in [0.1, 0.15) is 6.54 Å². The normalized spacial score (nSPS) is 10.7. The number of hydrogen-bond acceptors (Lipinski definition) is 7. The first-order valence-electron chi connectivity index (χ1n) is 12.7. The average molecular weight is 572 g/mol. The Morgan fingerprint density at radius 1 is 0.949 bits per heavy atom. The summed E-state index contributed by atoms with van der Waals surface area (Å²) < 4.78 is 16.0. The maximum absolute atomic E-state index is 13.6. The highest BCUT2D eigenvalue weighted by Crippen LogP contribution is 2.28. The van der Waals surface area contributed by atoms with E-state index in [9.17, 15) is 9.59 Å². The predicted molar refractivity (Wildman–Crippen MR) is 158 cm³/mol. The van der Waals surface area contributed by atoms with Crippen LogP contribution in [0.25, 0.3) is 0 Å². The molecule has 3 aromatic rings. The summed E-state index contributed by atoms with van der Waals surface area (Å²) in [4.78, 5) is 32.4. The van der Waals surface area contributed by atoms with E-state index < -0.39 is 0 Å². The fourth-order valence-corrected chi connectivity index (χ4v) is 5.10. The molecule has 1 heterocycles.